The van der Waals surface area contributed by atoms with Crippen LogP contribution in [0.1, 0.15) is 41.4 Å². The molecule has 150 valence electrons. The highest BCUT2D eigenvalue weighted by molar-refractivity contribution is 7.92. The molecule has 0 aliphatic rings. The smallest absolute Gasteiger partial charge is 0.340 e. The molecule has 0 fully saturated rings. The van der Waals surface area contributed by atoms with Gasteiger partial charge in [-0.3, -0.25) is 9.52 Å². The van der Waals surface area contributed by atoms with Crippen LogP contribution in [0.3, 0.4) is 0 Å². The first kappa shape index (κ1) is 21.4. The van der Waals surface area contributed by atoms with Crippen LogP contribution in [-0.4, -0.2) is 33.2 Å². The van der Waals surface area contributed by atoms with Crippen molar-refractivity contribution in [2.75, 3.05) is 17.6 Å². The van der Waals surface area contributed by atoms with Gasteiger partial charge in [-0.2, -0.15) is 0 Å². The van der Waals surface area contributed by atoms with Crippen molar-refractivity contribution in [3.8, 4) is 0 Å². The first-order valence-corrected chi connectivity index (χ1v) is 10.7. The molecule has 1 atom stereocenters. The maximum Gasteiger partial charge on any atom is 0.340 e. The van der Waals surface area contributed by atoms with Crippen LogP contribution in [0.5, 0.6) is 0 Å². The number of hydrogen-bond donors (Lipinski definition) is 2. The van der Waals surface area contributed by atoms with Gasteiger partial charge in [-0.05, 0) is 36.6 Å². The number of benzene rings is 2. The lowest BCUT2D eigenvalue weighted by molar-refractivity contribution is -0.124. The molecule has 0 heterocycles. The molecule has 0 saturated heterocycles. The van der Waals surface area contributed by atoms with E-state index in [4.69, 9.17) is 4.74 Å². The average molecular weight is 404 g/mol. The minimum Gasteiger partial charge on any atom is -0.452 e. The molecule has 2 N–H and O–H groups in total. The van der Waals surface area contributed by atoms with Crippen LogP contribution in [0.15, 0.2) is 48.5 Å². The molecule has 0 radical (unpaired) electrons. The number of hydrogen-bond acceptors (Lipinski definition) is 5. The zero-order valence-electron chi connectivity index (χ0n) is 16.1. The molecule has 7 nitrogen and oxygen atoms in total. The largest absolute Gasteiger partial charge is 0.452 e. The van der Waals surface area contributed by atoms with E-state index in [0.29, 0.717) is 0 Å². The third-order valence-electron chi connectivity index (χ3n) is 4.04. The first-order valence-electron chi connectivity index (χ1n) is 8.81. The number of rotatable bonds is 8. The molecular formula is C20H24N2O5S. The predicted molar refractivity (Wildman–Crippen MR) is 108 cm³/mol. The Labute approximate surface area is 165 Å². The van der Waals surface area contributed by atoms with Crippen molar-refractivity contribution in [2.24, 2.45) is 0 Å². The molecule has 1 amide bonds. The minimum atomic E-state index is -3.55. The summed E-state index contributed by atoms with van der Waals surface area (Å²) in [5.41, 5.74) is 2.28. The van der Waals surface area contributed by atoms with Crippen LogP contribution < -0.4 is 10.0 Å². The molecular weight excluding hydrogens is 380 g/mol. The topological polar surface area (TPSA) is 102 Å². The SMILES string of the molecule is CCc1ccc([C@@H](C)NC(=O)COC(=O)c2ccccc2NS(C)(=O)=O)cc1. The zero-order chi connectivity index (χ0) is 20.7. The van der Waals surface area contributed by atoms with E-state index in [1.54, 1.807) is 12.1 Å². The van der Waals surface area contributed by atoms with Crippen LogP contribution in [-0.2, 0) is 26.0 Å². The van der Waals surface area contributed by atoms with Gasteiger partial charge in [-0.1, -0.05) is 43.3 Å². The highest BCUT2D eigenvalue weighted by Crippen LogP contribution is 2.17. The lowest BCUT2D eigenvalue weighted by Gasteiger charge is -2.15. The summed E-state index contributed by atoms with van der Waals surface area (Å²) in [6.07, 6.45) is 1.92. The Morgan fingerprint density at radius 3 is 2.32 bits per heavy atom. The molecule has 0 unspecified atom stereocenters. The van der Waals surface area contributed by atoms with Gasteiger partial charge in [0.2, 0.25) is 10.0 Å². The third kappa shape index (κ3) is 6.38. The van der Waals surface area contributed by atoms with Crippen LogP contribution >= 0.6 is 0 Å². The summed E-state index contributed by atoms with van der Waals surface area (Å²) in [6.45, 7) is 3.44. The summed E-state index contributed by atoms with van der Waals surface area (Å²) in [7, 11) is -3.55. The van der Waals surface area contributed by atoms with Crippen LogP contribution in [0.4, 0.5) is 5.69 Å². The van der Waals surface area contributed by atoms with Crippen LogP contribution in [0.2, 0.25) is 0 Å². The summed E-state index contributed by atoms with van der Waals surface area (Å²) >= 11 is 0. The molecule has 0 spiro atoms. The molecule has 0 aliphatic heterocycles. The standard InChI is InChI=1S/C20H24N2O5S/c1-4-15-9-11-16(12-10-15)14(2)21-19(23)13-27-20(24)17-7-5-6-8-18(17)22-28(3,25)26/h5-12,14,22H,4,13H2,1-3H3,(H,21,23)/t14-/m1/s1. The molecule has 0 aromatic heterocycles. The number of amides is 1. The second-order valence-electron chi connectivity index (χ2n) is 6.38. The molecule has 0 aliphatic carbocycles. The van der Waals surface area contributed by atoms with Crippen molar-refractivity contribution in [3.05, 3.63) is 65.2 Å². The highest BCUT2D eigenvalue weighted by Gasteiger charge is 2.17. The number of para-hydroxylation sites is 1. The van der Waals surface area contributed by atoms with Crippen molar-refractivity contribution in [2.45, 2.75) is 26.3 Å². The fraction of sp³-hybridized carbons (Fsp3) is 0.300. The van der Waals surface area contributed by atoms with E-state index in [2.05, 4.69) is 17.0 Å². The maximum atomic E-state index is 12.2. The number of carbonyl (C=O) groups is 2. The van der Waals surface area contributed by atoms with E-state index in [1.165, 1.54) is 17.7 Å². The second-order valence-corrected chi connectivity index (χ2v) is 8.13. The number of carbonyl (C=O) groups excluding carboxylic acids is 2. The Balaban J connectivity index is 1.94. The summed E-state index contributed by atoms with van der Waals surface area (Å²) in [5, 5.41) is 2.77. The number of aryl methyl sites for hydroxylation is 1. The Bertz CT molecular complexity index is 939. The van der Waals surface area contributed by atoms with E-state index in [-0.39, 0.29) is 17.3 Å². The first-order chi connectivity index (χ1) is 13.2. The van der Waals surface area contributed by atoms with Crippen molar-refractivity contribution in [1.82, 2.24) is 5.32 Å². The van der Waals surface area contributed by atoms with E-state index in [1.807, 2.05) is 31.2 Å². The van der Waals surface area contributed by atoms with Crippen LogP contribution in [0.25, 0.3) is 0 Å². The van der Waals surface area contributed by atoms with Gasteiger partial charge in [0.05, 0.1) is 23.5 Å². The monoisotopic (exact) mass is 404 g/mol. The van der Waals surface area contributed by atoms with Gasteiger partial charge in [0.15, 0.2) is 6.61 Å². The number of sulfonamides is 1. The maximum absolute atomic E-state index is 12.2. The van der Waals surface area contributed by atoms with E-state index >= 15 is 0 Å². The van der Waals surface area contributed by atoms with Gasteiger partial charge < -0.3 is 10.1 Å². The number of esters is 1. The van der Waals surface area contributed by atoms with E-state index in [0.717, 1.165) is 18.2 Å². The lowest BCUT2D eigenvalue weighted by Crippen LogP contribution is -2.31. The van der Waals surface area contributed by atoms with Crippen molar-refractivity contribution >= 4 is 27.6 Å². The average Bonchev–Trinajstić information content (AvgIpc) is 2.65. The molecule has 2 aromatic carbocycles. The highest BCUT2D eigenvalue weighted by atomic mass is 32.2. The molecule has 0 bridgehead atoms. The van der Waals surface area contributed by atoms with Crippen molar-refractivity contribution in [1.29, 1.82) is 0 Å². The van der Waals surface area contributed by atoms with Crippen molar-refractivity contribution < 1.29 is 22.7 Å². The van der Waals surface area contributed by atoms with Gasteiger partial charge in [-0.15, -0.1) is 0 Å². The minimum absolute atomic E-state index is 0.0314. The Morgan fingerprint density at radius 1 is 1.07 bits per heavy atom. The van der Waals surface area contributed by atoms with Gasteiger partial charge in [-0.25, -0.2) is 13.2 Å². The fourth-order valence-electron chi connectivity index (χ4n) is 2.57. The molecule has 0 saturated carbocycles. The number of ether oxygens (including phenoxy) is 1. The molecule has 8 heteroatoms. The second kappa shape index (κ2) is 9.36. The van der Waals surface area contributed by atoms with E-state index in [9.17, 15) is 18.0 Å². The number of anilines is 1. The van der Waals surface area contributed by atoms with Gasteiger partial charge in [0.25, 0.3) is 5.91 Å². The zero-order valence-corrected chi connectivity index (χ0v) is 16.9. The lowest BCUT2D eigenvalue weighted by atomic mass is 10.1. The fourth-order valence-corrected chi connectivity index (χ4v) is 3.14. The molecule has 28 heavy (non-hydrogen) atoms. The summed E-state index contributed by atoms with van der Waals surface area (Å²) in [4.78, 5) is 24.3. The third-order valence-corrected chi connectivity index (χ3v) is 4.63. The van der Waals surface area contributed by atoms with Gasteiger partial charge in [0, 0.05) is 0 Å². The van der Waals surface area contributed by atoms with E-state index < -0.39 is 28.5 Å². The quantitative estimate of drug-likeness (QED) is 0.659. The Hall–Kier alpha value is -2.87. The molecule has 2 rings (SSSR count). The Morgan fingerprint density at radius 2 is 1.71 bits per heavy atom. The summed E-state index contributed by atoms with van der Waals surface area (Å²) in [5.74, 6) is -1.24. The number of nitrogens with one attached hydrogen (secondary N) is 2. The summed E-state index contributed by atoms with van der Waals surface area (Å²) < 4.78 is 30.1. The summed E-state index contributed by atoms with van der Waals surface area (Å²) in [6, 6.07) is 13.7. The van der Waals surface area contributed by atoms with Crippen molar-refractivity contribution in [3.63, 3.8) is 0 Å². The Kier molecular flexibility index (Phi) is 7.17. The van der Waals surface area contributed by atoms with Gasteiger partial charge in [0.1, 0.15) is 0 Å². The van der Waals surface area contributed by atoms with Gasteiger partial charge >= 0.3 is 5.97 Å². The molecule has 2 aromatic rings. The predicted octanol–water partition coefficient (Wildman–Crippen LogP) is 2.65. The van der Waals surface area contributed by atoms with Crippen LogP contribution in [0, 0.1) is 0 Å². The normalized spacial score (nSPS) is 12.1.